The lowest BCUT2D eigenvalue weighted by molar-refractivity contribution is 0.197. The van der Waals surface area contributed by atoms with E-state index in [4.69, 9.17) is 11.6 Å². The molecule has 1 aromatic rings. The maximum absolute atomic E-state index is 12.5. The van der Waals surface area contributed by atoms with Crippen molar-refractivity contribution < 1.29 is 8.42 Å². The van der Waals surface area contributed by atoms with Gasteiger partial charge in [-0.3, -0.25) is 4.90 Å². The van der Waals surface area contributed by atoms with Crippen LogP contribution in [-0.2, 0) is 10.0 Å². The van der Waals surface area contributed by atoms with Gasteiger partial charge < -0.3 is 0 Å². The van der Waals surface area contributed by atoms with E-state index in [2.05, 4.69) is 20.8 Å². The van der Waals surface area contributed by atoms with Crippen molar-refractivity contribution in [3.63, 3.8) is 0 Å². The Kier molecular flexibility index (Phi) is 5.25. The third kappa shape index (κ3) is 3.49. The maximum atomic E-state index is 12.5. The Labute approximate surface area is 127 Å². The number of hydrogen-bond acceptors (Lipinski definition) is 3. The van der Waals surface area contributed by atoms with Crippen LogP contribution >= 0.6 is 27.5 Å². The first-order valence-corrected chi connectivity index (χ1v) is 8.85. The van der Waals surface area contributed by atoms with Gasteiger partial charge in [-0.2, -0.15) is 4.31 Å². The Balaban J connectivity index is 2.12. The Morgan fingerprint density at radius 1 is 1.16 bits per heavy atom. The van der Waals surface area contributed by atoms with Crippen molar-refractivity contribution in [3.8, 4) is 0 Å². The van der Waals surface area contributed by atoms with Gasteiger partial charge >= 0.3 is 0 Å². The second kappa shape index (κ2) is 6.54. The van der Waals surface area contributed by atoms with Crippen LogP contribution in [0, 0.1) is 0 Å². The topological polar surface area (TPSA) is 40.6 Å². The van der Waals surface area contributed by atoms with Crippen molar-refractivity contribution in [3.05, 3.63) is 28.7 Å². The van der Waals surface area contributed by atoms with Gasteiger partial charge in [-0.25, -0.2) is 8.42 Å². The number of rotatable bonds is 4. The van der Waals surface area contributed by atoms with Crippen LogP contribution in [0.4, 0.5) is 0 Å². The molecule has 0 saturated carbocycles. The smallest absolute Gasteiger partial charge is 0.244 e. The molecule has 1 saturated heterocycles. The fraction of sp³-hybridized carbons (Fsp3) is 0.500. The fourth-order valence-corrected chi connectivity index (χ4v) is 4.73. The van der Waals surface area contributed by atoms with E-state index in [1.54, 1.807) is 18.2 Å². The summed E-state index contributed by atoms with van der Waals surface area (Å²) in [5.41, 5.74) is 0. The predicted octanol–water partition coefficient (Wildman–Crippen LogP) is 1.99. The van der Waals surface area contributed by atoms with E-state index in [0.29, 0.717) is 28.3 Å². The molecule has 1 aliphatic rings. The molecule has 0 aromatic heterocycles. The Hall–Kier alpha value is -0.140. The number of benzene rings is 1. The first-order chi connectivity index (χ1) is 9.05. The van der Waals surface area contributed by atoms with Crippen LogP contribution in [0.5, 0.6) is 0 Å². The number of halogens is 2. The molecule has 7 heteroatoms. The summed E-state index contributed by atoms with van der Waals surface area (Å²) < 4.78 is 27.2. The van der Waals surface area contributed by atoms with Gasteiger partial charge in [0.2, 0.25) is 10.0 Å². The Morgan fingerprint density at radius 3 is 2.37 bits per heavy atom. The summed E-state index contributed by atoms with van der Waals surface area (Å²) in [6, 6.07) is 6.92. The number of piperazine rings is 1. The maximum Gasteiger partial charge on any atom is 0.244 e. The van der Waals surface area contributed by atoms with Gasteiger partial charge in [0, 0.05) is 43.1 Å². The molecule has 1 fully saturated rings. The van der Waals surface area contributed by atoms with Crippen LogP contribution in [0.15, 0.2) is 33.6 Å². The molecule has 1 heterocycles. The molecule has 0 unspecified atom stereocenters. The van der Waals surface area contributed by atoms with E-state index in [1.165, 1.54) is 4.31 Å². The minimum absolute atomic E-state index is 0.334. The lowest BCUT2D eigenvalue weighted by Gasteiger charge is -2.33. The highest BCUT2D eigenvalue weighted by Gasteiger charge is 2.29. The average Bonchev–Trinajstić information content (AvgIpc) is 2.40. The minimum Gasteiger partial charge on any atom is -0.300 e. The van der Waals surface area contributed by atoms with Gasteiger partial charge in [-0.15, -0.1) is 11.6 Å². The standard InChI is InChI=1S/C12H16BrClN2O2S/c13-11-3-1-2-4-12(11)19(17,18)16-9-7-15(6-5-14)8-10-16/h1-4H,5-10H2. The summed E-state index contributed by atoms with van der Waals surface area (Å²) in [4.78, 5) is 2.51. The monoisotopic (exact) mass is 366 g/mol. The number of sulfonamides is 1. The molecule has 19 heavy (non-hydrogen) atoms. The highest BCUT2D eigenvalue weighted by molar-refractivity contribution is 9.10. The van der Waals surface area contributed by atoms with E-state index in [1.807, 2.05) is 6.07 Å². The third-order valence-corrected chi connectivity index (χ3v) is 6.27. The van der Waals surface area contributed by atoms with Crippen molar-refractivity contribution >= 4 is 37.6 Å². The predicted molar refractivity (Wildman–Crippen MR) is 80.1 cm³/mol. The summed E-state index contributed by atoms with van der Waals surface area (Å²) in [6.07, 6.45) is 0. The van der Waals surface area contributed by atoms with E-state index in [0.717, 1.165) is 19.6 Å². The number of hydrogen-bond donors (Lipinski definition) is 0. The van der Waals surface area contributed by atoms with Crippen molar-refractivity contribution in [1.29, 1.82) is 0 Å². The second-order valence-electron chi connectivity index (χ2n) is 4.37. The van der Waals surface area contributed by atoms with Crippen LogP contribution in [0.1, 0.15) is 0 Å². The van der Waals surface area contributed by atoms with Gasteiger partial charge in [0.15, 0.2) is 0 Å². The normalized spacial score (nSPS) is 18.6. The van der Waals surface area contributed by atoms with Crippen molar-refractivity contribution in [2.24, 2.45) is 0 Å². The average molecular weight is 368 g/mol. The summed E-state index contributed by atoms with van der Waals surface area (Å²) in [5, 5.41) is 0. The molecule has 0 amide bonds. The molecule has 4 nitrogen and oxygen atoms in total. The SMILES string of the molecule is O=S(=O)(c1ccccc1Br)N1CCN(CCCl)CC1. The van der Waals surface area contributed by atoms with Crippen LogP contribution in [0.25, 0.3) is 0 Å². The summed E-state index contributed by atoms with van der Waals surface area (Å²) in [6.45, 7) is 3.30. The molecule has 0 atom stereocenters. The van der Waals surface area contributed by atoms with E-state index in [9.17, 15) is 8.42 Å². The Bertz CT molecular complexity index is 530. The van der Waals surface area contributed by atoms with Gasteiger partial charge in [0.25, 0.3) is 0 Å². The van der Waals surface area contributed by atoms with Gasteiger partial charge in [-0.05, 0) is 28.1 Å². The van der Waals surface area contributed by atoms with Gasteiger partial charge in [0.05, 0.1) is 4.90 Å². The molecular formula is C12H16BrClN2O2S. The second-order valence-corrected chi connectivity index (χ2v) is 7.50. The Morgan fingerprint density at radius 2 is 1.79 bits per heavy atom. The molecule has 0 aliphatic carbocycles. The largest absolute Gasteiger partial charge is 0.300 e. The van der Waals surface area contributed by atoms with E-state index >= 15 is 0 Å². The quantitative estimate of drug-likeness (QED) is 0.764. The van der Waals surface area contributed by atoms with Crippen LogP contribution in [0.2, 0.25) is 0 Å². The van der Waals surface area contributed by atoms with Crippen LogP contribution in [0.3, 0.4) is 0 Å². The van der Waals surface area contributed by atoms with Gasteiger partial charge in [-0.1, -0.05) is 12.1 Å². The van der Waals surface area contributed by atoms with Crippen LogP contribution < -0.4 is 0 Å². The van der Waals surface area contributed by atoms with Crippen molar-refractivity contribution in [1.82, 2.24) is 9.21 Å². The zero-order chi connectivity index (χ0) is 13.9. The molecule has 106 valence electrons. The van der Waals surface area contributed by atoms with E-state index in [-0.39, 0.29) is 0 Å². The third-order valence-electron chi connectivity index (χ3n) is 3.19. The van der Waals surface area contributed by atoms with Crippen LogP contribution in [-0.4, -0.2) is 56.2 Å². The summed E-state index contributed by atoms with van der Waals surface area (Å²) in [5.74, 6) is 0.580. The molecule has 2 rings (SSSR count). The lowest BCUT2D eigenvalue weighted by Crippen LogP contribution is -2.49. The minimum atomic E-state index is -3.40. The number of nitrogens with zero attached hydrogens (tertiary/aromatic N) is 2. The molecule has 1 aromatic carbocycles. The molecule has 0 spiro atoms. The van der Waals surface area contributed by atoms with E-state index < -0.39 is 10.0 Å². The zero-order valence-electron chi connectivity index (χ0n) is 10.4. The summed E-state index contributed by atoms with van der Waals surface area (Å²) in [7, 11) is -3.40. The van der Waals surface area contributed by atoms with Crippen molar-refractivity contribution in [2.45, 2.75) is 4.90 Å². The first kappa shape index (κ1) is 15.3. The first-order valence-electron chi connectivity index (χ1n) is 6.08. The molecule has 0 bridgehead atoms. The molecule has 0 N–H and O–H groups in total. The summed E-state index contributed by atoms with van der Waals surface area (Å²) >= 11 is 9.00. The lowest BCUT2D eigenvalue weighted by atomic mass is 10.4. The highest BCUT2D eigenvalue weighted by Crippen LogP contribution is 2.25. The highest BCUT2D eigenvalue weighted by atomic mass is 79.9. The van der Waals surface area contributed by atoms with Gasteiger partial charge in [0.1, 0.15) is 0 Å². The molecule has 1 aliphatic heterocycles. The molecular weight excluding hydrogens is 352 g/mol. The van der Waals surface area contributed by atoms with Crippen molar-refractivity contribution in [2.75, 3.05) is 38.6 Å². The zero-order valence-corrected chi connectivity index (χ0v) is 13.6. The number of alkyl halides is 1. The fourth-order valence-electron chi connectivity index (χ4n) is 2.11. The molecule has 0 radical (unpaired) electrons.